The Balaban J connectivity index is 0.000000155. The van der Waals surface area contributed by atoms with Crippen molar-refractivity contribution >= 4 is 17.9 Å². The fraction of sp³-hybridized carbons (Fsp3) is 0.933. The molecule has 8 nitrogen and oxygen atoms in total. The van der Waals surface area contributed by atoms with Crippen molar-refractivity contribution in [3.8, 4) is 0 Å². The van der Waals surface area contributed by atoms with E-state index in [-0.39, 0.29) is 46.4 Å². The van der Waals surface area contributed by atoms with E-state index >= 15 is 0 Å². The Bertz CT molecular complexity index is 1310. The molecule has 0 aliphatic heterocycles. The van der Waals surface area contributed by atoms with Gasteiger partial charge in [-0.3, -0.25) is 14.4 Å². The largest absolute Gasteiger partial charge is 0.462 e. The first-order chi connectivity index (χ1) is 24.5. The number of ether oxygens (including phenoxy) is 3. The molecule has 0 aromatic carbocycles. The van der Waals surface area contributed by atoms with Crippen LogP contribution < -0.4 is 0 Å². The second-order valence-electron chi connectivity index (χ2n) is 21.2. The summed E-state index contributed by atoms with van der Waals surface area (Å²) in [5, 5.41) is 21.3. The molecule has 8 aliphatic carbocycles. The molecule has 8 saturated carbocycles. The van der Waals surface area contributed by atoms with E-state index < -0.39 is 22.2 Å². The van der Waals surface area contributed by atoms with Gasteiger partial charge in [-0.05, 0) is 168 Å². The van der Waals surface area contributed by atoms with Crippen molar-refractivity contribution in [2.75, 3.05) is 0 Å². The lowest BCUT2D eigenvalue weighted by Crippen LogP contribution is -2.67. The highest BCUT2D eigenvalue weighted by Crippen LogP contribution is 2.61. The first-order valence-electron chi connectivity index (χ1n) is 21.6. The van der Waals surface area contributed by atoms with Gasteiger partial charge >= 0.3 is 17.9 Å². The minimum atomic E-state index is -0.842. The zero-order valence-corrected chi connectivity index (χ0v) is 35.2. The highest BCUT2D eigenvalue weighted by Gasteiger charge is 2.65. The van der Waals surface area contributed by atoms with Crippen LogP contribution in [0.2, 0.25) is 0 Å². The lowest BCUT2D eigenvalue weighted by Gasteiger charge is -2.62. The number of esters is 3. The van der Waals surface area contributed by atoms with E-state index in [1.165, 1.54) is 44.9 Å². The maximum absolute atomic E-state index is 12.4. The normalized spacial score (nSPS) is 37.8. The molecule has 6 bridgehead atoms. The maximum atomic E-state index is 12.4. The monoisotopic (exact) mass is 745 g/mol. The van der Waals surface area contributed by atoms with Crippen molar-refractivity contribution in [2.24, 2.45) is 45.8 Å². The topological polar surface area (TPSA) is 119 Å². The SMILES string of the molecule is CCC(C)(C)C(=O)OC1(C)CCCCC1.CCC(C)(C)C(=O)OC12CC3CC(O)(CC(O)(C3)C1)C2.CCC(C)(C)C(=O)OC1CC2CC1C1CCCC21. The highest BCUT2D eigenvalue weighted by atomic mass is 16.6. The van der Waals surface area contributed by atoms with Crippen molar-refractivity contribution in [1.82, 2.24) is 0 Å². The van der Waals surface area contributed by atoms with Crippen LogP contribution in [-0.4, -0.2) is 56.6 Å². The van der Waals surface area contributed by atoms with E-state index in [0.717, 1.165) is 75.5 Å². The summed E-state index contributed by atoms with van der Waals surface area (Å²) in [6.45, 7) is 19.8. The Hall–Kier alpha value is -1.67. The molecule has 8 aliphatic rings. The van der Waals surface area contributed by atoms with E-state index in [9.17, 15) is 24.6 Å². The first kappa shape index (κ1) is 42.5. The minimum absolute atomic E-state index is 0.0251. The molecule has 7 unspecified atom stereocenters. The lowest BCUT2D eigenvalue weighted by molar-refractivity contribution is -0.264. The van der Waals surface area contributed by atoms with E-state index in [1.54, 1.807) is 0 Å². The van der Waals surface area contributed by atoms with Crippen LogP contribution in [0.25, 0.3) is 0 Å². The third-order valence-electron chi connectivity index (χ3n) is 15.5. The summed E-state index contributed by atoms with van der Waals surface area (Å²) in [6.07, 6.45) is 18.8. The van der Waals surface area contributed by atoms with Crippen molar-refractivity contribution < 1.29 is 38.8 Å². The number of aliphatic hydroxyl groups is 2. The van der Waals surface area contributed by atoms with Gasteiger partial charge in [-0.1, -0.05) is 33.6 Å². The van der Waals surface area contributed by atoms with E-state index in [1.807, 2.05) is 55.4 Å². The van der Waals surface area contributed by atoms with Crippen molar-refractivity contribution in [3.63, 3.8) is 0 Å². The Morgan fingerprint density at radius 3 is 1.66 bits per heavy atom. The van der Waals surface area contributed by atoms with Crippen LogP contribution in [-0.2, 0) is 28.6 Å². The predicted octanol–water partition coefficient (Wildman–Crippen LogP) is 9.64. The Morgan fingerprint density at radius 2 is 1.13 bits per heavy atom. The number of hydrogen-bond donors (Lipinski definition) is 2. The molecule has 0 aromatic heterocycles. The van der Waals surface area contributed by atoms with Gasteiger partial charge in [0.2, 0.25) is 0 Å². The van der Waals surface area contributed by atoms with Gasteiger partial charge in [-0.2, -0.15) is 0 Å². The summed E-state index contributed by atoms with van der Waals surface area (Å²) in [7, 11) is 0. The molecule has 0 amide bonds. The van der Waals surface area contributed by atoms with E-state index in [0.29, 0.717) is 25.2 Å². The molecule has 0 radical (unpaired) electrons. The summed E-state index contributed by atoms with van der Waals surface area (Å²) in [4.78, 5) is 36.5. The lowest BCUT2D eigenvalue weighted by atomic mass is 9.50. The fourth-order valence-corrected chi connectivity index (χ4v) is 11.3. The fourth-order valence-electron chi connectivity index (χ4n) is 11.3. The Kier molecular flexibility index (Phi) is 12.3. The van der Waals surface area contributed by atoms with Crippen LogP contribution >= 0.6 is 0 Å². The second-order valence-corrected chi connectivity index (χ2v) is 21.2. The van der Waals surface area contributed by atoms with Gasteiger partial charge in [-0.25, -0.2) is 0 Å². The minimum Gasteiger partial charge on any atom is -0.462 e. The summed E-state index contributed by atoms with van der Waals surface area (Å²) < 4.78 is 17.4. The van der Waals surface area contributed by atoms with Gasteiger partial charge in [0.25, 0.3) is 0 Å². The number of fused-ring (bicyclic) bond motifs is 5. The zero-order chi connectivity index (χ0) is 39.3. The number of hydrogen-bond acceptors (Lipinski definition) is 8. The van der Waals surface area contributed by atoms with Gasteiger partial charge in [0.05, 0.1) is 27.4 Å². The smallest absolute Gasteiger partial charge is 0.312 e. The molecule has 0 saturated heterocycles. The van der Waals surface area contributed by atoms with Gasteiger partial charge in [0.15, 0.2) is 0 Å². The summed E-state index contributed by atoms with van der Waals surface area (Å²) in [6, 6.07) is 0. The van der Waals surface area contributed by atoms with Crippen LogP contribution in [0, 0.1) is 45.8 Å². The third-order valence-corrected chi connectivity index (χ3v) is 15.5. The molecule has 7 atom stereocenters. The zero-order valence-electron chi connectivity index (χ0n) is 35.2. The Labute approximate surface area is 321 Å². The van der Waals surface area contributed by atoms with Gasteiger partial charge < -0.3 is 24.4 Å². The summed E-state index contributed by atoms with van der Waals surface area (Å²) in [5.74, 6) is 3.49. The molecule has 0 spiro atoms. The van der Waals surface area contributed by atoms with Crippen molar-refractivity contribution in [2.45, 2.75) is 220 Å². The summed E-state index contributed by atoms with van der Waals surface area (Å²) >= 11 is 0. The third kappa shape index (κ3) is 9.32. The van der Waals surface area contributed by atoms with Crippen molar-refractivity contribution in [3.05, 3.63) is 0 Å². The molecule has 53 heavy (non-hydrogen) atoms. The maximum Gasteiger partial charge on any atom is 0.312 e. The van der Waals surface area contributed by atoms with Crippen LogP contribution in [0.4, 0.5) is 0 Å². The number of carbonyl (C=O) groups excluding carboxylic acids is 3. The molecule has 2 N–H and O–H groups in total. The molecule has 0 aromatic rings. The van der Waals surface area contributed by atoms with Gasteiger partial charge in [-0.15, -0.1) is 0 Å². The van der Waals surface area contributed by atoms with Crippen molar-refractivity contribution in [1.29, 1.82) is 0 Å². The van der Waals surface area contributed by atoms with Crippen LogP contribution in [0.1, 0.15) is 191 Å². The molecular weight excluding hydrogens is 668 g/mol. The molecule has 8 fully saturated rings. The second kappa shape index (κ2) is 15.3. The number of rotatable bonds is 9. The molecular formula is C45H76O8. The van der Waals surface area contributed by atoms with E-state index in [4.69, 9.17) is 14.2 Å². The molecule has 8 rings (SSSR count). The predicted molar refractivity (Wildman–Crippen MR) is 207 cm³/mol. The molecule has 8 heteroatoms. The standard InChI is InChI=1S/C16H26O4.C16H26O2.C13H24O2/c1-4-13(2,3)12(17)20-16-7-11-5-14(18,9-16)8-15(19,6-11)10-16;1-4-16(2,3)15(17)18-14-9-10-8-13(14)12-7-5-6-11(10)12;1-5-12(2,3)11(14)15-13(4)9-7-6-8-10-13/h11,18-19H,4-10H2,1-3H3;10-14H,4-9H2,1-3H3;5-10H2,1-4H3. The number of carbonyl (C=O) groups is 3. The van der Waals surface area contributed by atoms with Crippen LogP contribution in [0.5, 0.6) is 0 Å². The average molecular weight is 745 g/mol. The summed E-state index contributed by atoms with van der Waals surface area (Å²) in [5.41, 5.74) is -3.67. The first-order valence-corrected chi connectivity index (χ1v) is 21.6. The van der Waals surface area contributed by atoms with E-state index in [2.05, 4.69) is 13.8 Å². The molecule has 0 heterocycles. The van der Waals surface area contributed by atoms with Crippen LogP contribution in [0.3, 0.4) is 0 Å². The quantitative estimate of drug-likeness (QED) is 0.177. The Morgan fingerprint density at radius 1 is 0.623 bits per heavy atom. The highest BCUT2D eigenvalue weighted by molar-refractivity contribution is 5.77. The van der Waals surface area contributed by atoms with Gasteiger partial charge in [0.1, 0.15) is 17.3 Å². The average Bonchev–Trinajstić information content (AvgIpc) is 3.78. The van der Waals surface area contributed by atoms with Crippen LogP contribution in [0.15, 0.2) is 0 Å². The van der Waals surface area contributed by atoms with Gasteiger partial charge in [0, 0.05) is 19.3 Å². The molecule has 304 valence electrons.